The molecule has 3 fully saturated rings. The van der Waals surface area contributed by atoms with Gasteiger partial charge in [0.15, 0.2) is 0 Å². The Balaban J connectivity index is 1.16. The standard InChI is InChI=1S/C46H60O2/c1-32(2)16-15-17-33(3)41-31-42(47)43-39-25-24-37-30-38(26-28-44(37,4)40(39)27-29-45(41,43)5)48-46(34-18-9-6-10-19-34,35-20-11-7-12-21-35)36-22-13-8-14-23-36/h6-14,18-23,32-33,37-38,40-42,47H,15-17,24-31H2,1-5H3/t33-,37+,38+,40+,41-,42-,44+,45-/m1/s1. The monoisotopic (exact) mass is 644 g/mol. The van der Waals surface area contributed by atoms with Gasteiger partial charge in [0.2, 0.25) is 0 Å². The van der Waals surface area contributed by atoms with Crippen molar-refractivity contribution < 1.29 is 9.84 Å². The molecule has 0 aromatic heterocycles. The molecule has 0 heterocycles. The van der Waals surface area contributed by atoms with Crippen LogP contribution in [-0.2, 0) is 10.3 Å². The molecule has 8 atom stereocenters. The van der Waals surface area contributed by atoms with Crippen molar-refractivity contribution in [1.82, 2.24) is 0 Å². The second-order valence-corrected chi connectivity index (χ2v) is 17.1. The van der Waals surface area contributed by atoms with Gasteiger partial charge < -0.3 is 9.84 Å². The van der Waals surface area contributed by atoms with Crippen LogP contribution in [0.2, 0.25) is 0 Å². The van der Waals surface area contributed by atoms with Crippen LogP contribution in [0.25, 0.3) is 0 Å². The van der Waals surface area contributed by atoms with Gasteiger partial charge >= 0.3 is 0 Å². The lowest BCUT2D eigenvalue weighted by Gasteiger charge is -2.57. The summed E-state index contributed by atoms with van der Waals surface area (Å²) in [6.07, 6.45) is 13.2. The molecule has 0 spiro atoms. The summed E-state index contributed by atoms with van der Waals surface area (Å²) in [7, 11) is 0. The quantitative estimate of drug-likeness (QED) is 0.176. The molecular formula is C46H60O2. The summed E-state index contributed by atoms with van der Waals surface area (Å²) in [5.41, 5.74) is 6.55. The van der Waals surface area contributed by atoms with Crippen molar-refractivity contribution >= 4 is 0 Å². The first-order valence-corrected chi connectivity index (χ1v) is 19.4. The van der Waals surface area contributed by atoms with Gasteiger partial charge in [0, 0.05) is 0 Å². The van der Waals surface area contributed by atoms with Crippen molar-refractivity contribution in [1.29, 1.82) is 0 Å². The van der Waals surface area contributed by atoms with Crippen LogP contribution in [0.5, 0.6) is 0 Å². The smallest absolute Gasteiger partial charge is 0.144 e. The highest BCUT2D eigenvalue weighted by Crippen LogP contribution is 2.66. The molecule has 0 bridgehead atoms. The minimum absolute atomic E-state index is 0.173. The highest BCUT2D eigenvalue weighted by atomic mass is 16.5. The molecule has 1 N–H and O–H groups in total. The Labute approximate surface area is 291 Å². The van der Waals surface area contributed by atoms with Crippen LogP contribution in [0.15, 0.2) is 102 Å². The Hall–Kier alpha value is -2.68. The third-order valence-electron chi connectivity index (χ3n) is 14.0. The zero-order chi connectivity index (χ0) is 33.5. The number of benzene rings is 3. The van der Waals surface area contributed by atoms with E-state index in [9.17, 15) is 5.11 Å². The maximum absolute atomic E-state index is 11.8. The van der Waals surface area contributed by atoms with E-state index in [-0.39, 0.29) is 23.0 Å². The van der Waals surface area contributed by atoms with Crippen molar-refractivity contribution in [3.8, 4) is 0 Å². The van der Waals surface area contributed by atoms with Crippen molar-refractivity contribution in [2.75, 3.05) is 0 Å². The third-order valence-corrected chi connectivity index (χ3v) is 14.0. The minimum atomic E-state index is -0.661. The van der Waals surface area contributed by atoms with E-state index in [0.29, 0.717) is 23.7 Å². The molecule has 48 heavy (non-hydrogen) atoms. The number of hydrogen-bond donors (Lipinski definition) is 1. The van der Waals surface area contributed by atoms with Gasteiger partial charge in [0.1, 0.15) is 5.60 Å². The Morgan fingerprint density at radius 3 is 1.90 bits per heavy atom. The molecule has 0 unspecified atom stereocenters. The lowest BCUT2D eigenvalue weighted by atomic mass is 9.48. The number of aliphatic hydroxyl groups is 1. The zero-order valence-corrected chi connectivity index (χ0v) is 30.3. The topological polar surface area (TPSA) is 29.5 Å². The molecular weight excluding hydrogens is 585 g/mol. The lowest BCUT2D eigenvalue weighted by Crippen LogP contribution is -2.50. The second kappa shape index (κ2) is 13.6. The fourth-order valence-electron chi connectivity index (χ4n) is 11.5. The predicted molar refractivity (Wildman–Crippen MR) is 199 cm³/mol. The number of ether oxygens (including phenoxy) is 1. The van der Waals surface area contributed by atoms with Gasteiger partial charge in [0.05, 0.1) is 12.2 Å². The molecule has 3 aromatic rings. The highest BCUT2D eigenvalue weighted by molar-refractivity contribution is 5.47. The highest BCUT2D eigenvalue weighted by Gasteiger charge is 2.58. The van der Waals surface area contributed by atoms with Gasteiger partial charge in [-0.3, -0.25) is 0 Å². The van der Waals surface area contributed by atoms with E-state index in [2.05, 4.69) is 126 Å². The number of aliphatic hydroxyl groups excluding tert-OH is 1. The fourth-order valence-corrected chi connectivity index (χ4v) is 11.5. The van der Waals surface area contributed by atoms with Gasteiger partial charge in [-0.05, 0) is 114 Å². The Bertz CT molecular complexity index is 1450. The van der Waals surface area contributed by atoms with E-state index in [4.69, 9.17) is 4.74 Å². The van der Waals surface area contributed by atoms with E-state index in [1.165, 1.54) is 67.2 Å². The summed E-state index contributed by atoms with van der Waals surface area (Å²) in [5, 5.41) is 11.8. The van der Waals surface area contributed by atoms with Gasteiger partial charge in [-0.1, -0.05) is 150 Å². The molecule has 256 valence electrons. The van der Waals surface area contributed by atoms with Crippen LogP contribution in [0.1, 0.15) is 122 Å². The molecule has 2 heteroatoms. The SMILES string of the molecule is CC(C)CCC[C@@H](C)[C@H]1C[C@@H](O)C2=C3CC[C@H]4C[C@@H](OC(c5ccccc5)(c5ccccc5)c5ccccc5)CC[C@]4(C)[C@H]3CC[C@@]21C. The largest absolute Gasteiger partial charge is 0.389 e. The first-order chi connectivity index (χ1) is 23.2. The van der Waals surface area contributed by atoms with Crippen molar-refractivity contribution in [3.05, 3.63) is 119 Å². The first-order valence-electron chi connectivity index (χ1n) is 19.4. The molecule has 0 radical (unpaired) electrons. The molecule has 0 aliphatic heterocycles. The van der Waals surface area contributed by atoms with Crippen molar-refractivity contribution in [2.24, 2.45) is 40.4 Å². The van der Waals surface area contributed by atoms with Crippen molar-refractivity contribution in [2.45, 2.75) is 123 Å². The fraction of sp³-hybridized carbons (Fsp3) is 0.565. The predicted octanol–water partition coefficient (Wildman–Crippen LogP) is 11.5. The van der Waals surface area contributed by atoms with Crippen LogP contribution in [0.3, 0.4) is 0 Å². The second-order valence-electron chi connectivity index (χ2n) is 17.1. The number of rotatable bonds is 10. The van der Waals surface area contributed by atoms with Crippen LogP contribution in [-0.4, -0.2) is 17.3 Å². The molecule has 0 saturated heterocycles. The Morgan fingerprint density at radius 1 is 0.750 bits per heavy atom. The molecule has 2 nitrogen and oxygen atoms in total. The minimum Gasteiger partial charge on any atom is -0.389 e. The summed E-state index contributed by atoms with van der Waals surface area (Å²) in [5.74, 6) is 3.31. The molecule has 4 aliphatic carbocycles. The van der Waals surface area contributed by atoms with E-state index in [0.717, 1.165) is 31.6 Å². The molecule has 3 aromatic carbocycles. The van der Waals surface area contributed by atoms with Gasteiger partial charge in [-0.15, -0.1) is 0 Å². The van der Waals surface area contributed by atoms with E-state index in [1.54, 1.807) is 5.57 Å². The van der Waals surface area contributed by atoms with E-state index < -0.39 is 5.60 Å². The number of hydrogen-bond acceptors (Lipinski definition) is 2. The van der Waals surface area contributed by atoms with Gasteiger partial charge in [-0.2, -0.15) is 0 Å². The van der Waals surface area contributed by atoms with E-state index >= 15 is 0 Å². The average Bonchev–Trinajstić information content (AvgIpc) is 3.38. The van der Waals surface area contributed by atoms with Crippen LogP contribution in [0.4, 0.5) is 0 Å². The molecule has 4 aliphatic rings. The van der Waals surface area contributed by atoms with E-state index in [1.807, 2.05) is 0 Å². The Kier molecular flexibility index (Phi) is 9.55. The summed E-state index contributed by atoms with van der Waals surface area (Å²) in [4.78, 5) is 0. The maximum Gasteiger partial charge on any atom is 0.144 e. The Morgan fingerprint density at radius 2 is 1.33 bits per heavy atom. The van der Waals surface area contributed by atoms with Crippen molar-refractivity contribution in [3.63, 3.8) is 0 Å². The summed E-state index contributed by atoms with van der Waals surface area (Å²) >= 11 is 0. The maximum atomic E-state index is 11.8. The van der Waals surface area contributed by atoms with Crippen LogP contribution >= 0.6 is 0 Å². The zero-order valence-electron chi connectivity index (χ0n) is 30.3. The lowest BCUT2D eigenvalue weighted by molar-refractivity contribution is -0.111. The number of allylic oxidation sites excluding steroid dienone is 1. The summed E-state index contributed by atoms with van der Waals surface area (Å²) in [6, 6.07) is 32.7. The molecule has 7 rings (SSSR count). The molecule has 3 saturated carbocycles. The summed E-state index contributed by atoms with van der Waals surface area (Å²) in [6.45, 7) is 12.3. The van der Waals surface area contributed by atoms with Gasteiger partial charge in [0.25, 0.3) is 0 Å². The molecule has 0 amide bonds. The third kappa shape index (κ3) is 5.83. The normalized spacial score (nSPS) is 32.4. The summed E-state index contributed by atoms with van der Waals surface area (Å²) < 4.78 is 7.60. The first kappa shape index (κ1) is 33.8. The van der Waals surface area contributed by atoms with Crippen LogP contribution in [0, 0.1) is 40.4 Å². The number of fused-ring (bicyclic) bond motifs is 4. The van der Waals surface area contributed by atoms with Gasteiger partial charge in [-0.25, -0.2) is 0 Å². The average molecular weight is 645 g/mol. The van der Waals surface area contributed by atoms with Crippen LogP contribution < -0.4 is 0 Å².